The molecule has 0 aromatic heterocycles. The van der Waals surface area contributed by atoms with Gasteiger partial charge in [0.25, 0.3) is 0 Å². The quantitative estimate of drug-likeness (QED) is 0.321. The predicted molar refractivity (Wildman–Crippen MR) is 120 cm³/mol. The van der Waals surface area contributed by atoms with E-state index in [-0.39, 0.29) is 22.6 Å². The van der Waals surface area contributed by atoms with Crippen molar-refractivity contribution in [3.63, 3.8) is 0 Å². The lowest BCUT2D eigenvalue weighted by atomic mass is 9.95. The minimum Gasteiger partial charge on any atom is -0.496 e. The number of aliphatic carboxylic acids is 1. The van der Waals surface area contributed by atoms with E-state index in [0.29, 0.717) is 29.7 Å². The summed E-state index contributed by atoms with van der Waals surface area (Å²) in [4.78, 5) is 23.5. The van der Waals surface area contributed by atoms with Gasteiger partial charge in [-0.1, -0.05) is 29.3 Å². The fraction of sp³-hybridized carbons (Fsp3) is 0.333. The highest BCUT2D eigenvalue weighted by Gasteiger charge is 2.38. The van der Waals surface area contributed by atoms with E-state index in [1.807, 2.05) is 19.9 Å². The molecule has 1 heterocycles. The van der Waals surface area contributed by atoms with E-state index < -0.39 is 28.2 Å². The summed E-state index contributed by atoms with van der Waals surface area (Å²) in [7, 11) is -2.76. The van der Waals surface area contributed by atoms with E-state index in [2.05, 4.69) is 0 Å². The predicted octanol–water partition coefficient (Wildman–Crippen LogP) is 4.49. The molecular formula is C24H26O8S. The number of cyclic esters (lactones) is 1. The van der Waals surface area contributed by atoms with Crippen molar-refractivity contribution in [1.29, 1.82) is 0 Å². The van der Waals surface area contributed by atoms with Crippen molar-refractivity contribution in [2.45, 2.75) is 51.0 Å². The summed E-state index contributed by atoms with van der Waals surface area (Å²) in [6.45, 7) is 5.40. The number of esters is 1. The molecule has 2 aromatic carbocycles. The molecule has 0 fully saturated rings. The van der Waals surface area contributed by atoms with Crippen LogP contribution in [0.2, 0.25) is 0 Å². The largest absolute Gasteiger partial charge is 0.496 e. The minimum atomic E-state index is -4.20. The number of allylic oxidation sites excluding steroid dienone is 1. The molecule has 0 amide bonds. The molecule has 0 saturated carbocycles. The summed E-state index contributed by atoms with van der Waals surface area (Å²) < 4.78 is 42.0. The zero-order valence-electron chi connectivity index (χ0n) is 18.9. The Hall–Kier alpha value is -3.33. The summed E-state index contributed by atoms with van der Waals surface area (Å²) in [5, 5.41) is 8.85. The van der Waals surface area contributed by atoms with Gasteiger partial charge >= 0.3 is 22.1 Å². The number of carboxylic acids is 1. The van der Waals surface area contributed by atoms with Crippen LogP contribution in [0.5, 0.6) is 11.5 Å². The molecule has 176 valence electrons. The van der Waals surface area contributed by atoms with Gasteiger partial charge in [0.15, 0.2) is 5.75 Å². The molecule has 33 heavy (non-hydrogen) atoms. The Bertz CT molecular complexity index is 1210. The maximum atomic E-state index is 12.9. The number of methoxy groups -OCH3 is 1. The highest BCUT2D eigenvalue weighted by molar-refractivity contribution is 7.87. The van der Waals surface area contributed by atoms with Crippen molar-refractivity contribution in [2.24, 2.45) is 0 Å². The number of benzene rings is 2. The summed E-state index contributed by atoms with van der Waals surface area (Å²) in [5.74, 6) is -1.38. The number of hydrogen-bond donors (Lipinski definition) is 1. The Morgan fingerprint density at radius 3 is 2.42 bits per heavy atom. The Labute approximate surface area is 192 Å². The van der Waals surface area contributed by atoms with Crippen LogP contribution in [0.25, 0.3) is 0 Å². The molecule has 9 heteroatoms. The lowest BCUT2D eigenvalue weighted by Gasteiger charge is -2.16. The third-order valence-electron chi connectivity index (χ3n) is 5.47. The van der Waals surface area contributed by atoms with Gasteiger partial charge in [0, 0.05) is 24.5 Å². The number of rotatable bonds is 9. The molecule has 1 unspecified atom stereocenters. The molecule has 0 bridgehead atoms. The maximum Gasteiger partial charge on any atom is 0.343 e. The lowest BCUT2D eigenvalue weighted by Crippen LogP contribution is -2.12. The molecule has 0 saturated heterocycles. The molecule has 2 aromatic rings. The molecular weight excluding hydrogens is 448 g/mol. The van der Waals surface area contributed by atoms with Gasteiger partial charge in [-0.2, -0.15) is 8.42 Å². The Morgan fingerprint density at radius 2 is 1.82 bits per heavy atom. The van der Waals surface area contributed by atoms with Gasteiger partial charge in [0.1, 0.15) is 22.3 Å². The van der Waals surface area contributed by atoms with Crippen molar-refractivity contribution >= 4 is 22.1 Å². The molecule has 0 aliphatic carbocycles. The Balaban J connectivity index is 1.98. The number of aryl methyl sites for hydroxylation is 1. The number of hydrogen-bond acceptors (Lipinski definition) is 7. The van der Waals surface area contributed by atoms with Gasteiger partial charge in [0.2, 0.25) is 0 Å². The Kier molecular flexibility index (Phi) is 7.12. The van der Waals surface area contributed by atoms with Crippen molar-refractivity contribution in [2.75, 3.05) is 7.11 Å². The fourth-order valence-electron chi connectivity index (χ4n) is 3.64. The first-order valence-corrected chi connectivity index (χ1v) is 11.8. The second-order valence-electron chi connectivity index (χ2n) is 7.92. The van der Waals surface area contributed by atoms with Crippen molar-refractivity contribution in [3.05, 3.63) is 64.2 Å². The molecule has 1 atom stereocenters. The second-order valence-corrected chi connectivity index (χ2v) is 9.46. The van der Waals surface area contributed by atoms with Crippen LogP contribution in [0.4, 0.5) is 0 Å². The monoisotopic (exact) mass is 474 g/mol. The first-order chi connectivity index (χ1) is 15.5. The summed E-state index contributed by atoms with van der Waals surface area (Å²) in [6, 6.07) is 7.54. The standard InChI is InChI=1S/C24H26O8S/c1-14-5-9-17(10-6-14)33(28,29)32-20-13-19(30-4)16(3)22-18(31-24(27)23(20)22)11-7-15(2)8-12-21(25)26/h5-7,9-10,13,18H,8,11-12H2,1-4H3,(H,25,26). The van der Waals surface area contributed by atoms with Crippen LogP contribution in [-0.4, -0.2) is 32.6 Å². The van der Waals surface area contributed by atoms with E-state index in [9.17, 15) is 18.0 Å². The highest BCUT2D eigenvalue weighted by atomic mass is 32.2. The van der Waals surface area contributed by atoms with Gasteiger partial charge in [-0.25, -0.2) is 4.79 Å². The topological polar surface area (TPSA) is 116 Å². The van der Waals surface area contributed by atoms with Crippen molar-refractivity contribution in [3.8, 4) is 11.5 Å². The molecule has 1 aliphatic heterocycles. The van der Waals surface area contributed by atoms with Crippen LogP contribution in [-0.2, 0) is 19.6 Å². The number of ether oxygens (including phenoxy) is 2. The zero-order chi connectivity index (χ0) is 24.3. The number of fused-ring (bicyclic) bond motifs is 1. The van der Waals surface area contributed by atoms with E-state index >= 15 is 0 Å². The van der Waals surface area contributed by atoms with E-state index in [1.165, 1.54) is 25.3 Å². The molecule has 8 nitrogen and oxygen atoms in total. The van der Waals surface area contributed by atoms with Crippen LogP contribution < -0.4 is 8.92 Å². The van der Waals surface area contributed by atoms with Gasteiger partial charge in [-0.05, 0) is 44.9 Å². The smallest absolute Gasteiger partial charge is 0.343 e. The van der Waals surface area contributed by atoms with Crippen LogP contribution in [0, 0.1) is 13.8 Å². The molecule has 1 N–H and O–H groups in total. The third kappa shape index (κ3) is 5.36. The van der Waals surface area contributed by atoms with Crippen LogP contribution >= 0.6 is 0 Å². The summed E-state index contributed by atoms with van der Waals surface area (Å²) in [6.07, 6.45) is 1.83. The summed E-state index contributed by atoms with van der Waals surface area (Å²) in [5.41, 5.74) is 2.92. The van der Waals surface area contributed by atoms with Crippen LogP contribution in [0.1, 0.15) is 59.3 Å². The Morgan fingerprint density at radius 1 is 1.15 bits per heavy atom. The lowest BCUT2D eigenvalue weighted by molar-refractivity contribution is -0.136. The fourth-order valence-corrected chi connectivity index (χ4v) is 4.58. The van der Waals surface area contributed by atoms with E-state index in [0.717, 1.165) is 11.1 Å². The average molecular weight is 475 g/mol. The molecule has 3 rings (SSSR count). The number of carboxylic acid groups (broad SMARTS) is 1. The van der Waals surface area contributed by atoms with Crippen LogP contribution in [0.3, 0.4) is 0 Å². The average Bonchev–Trinajstić information content (AvgIpc) is 3.09. The second kappa shape index (κ2) is 9.66. The molecule has 0 spiro atoms. The van der Waals surface area contributed by atoms with Gasteiger partial charge in [-0.3, -0.25) is 4.79 Å². The van der Waals surface area contributed by atoms with Gasteiger partial charge in [0.05, 0.1) is 7.11 Å². The first-order valence-electron chi connectivity index (χ1n) is 10.3. The van der Waals surface area contributed by atoms with E-state index in [1.54, 1.807) is 19.1 Å². The van der Waals surface area contributed by atoms with Gasteiger partial charge in [-0.15, -0.1) is 0 Å². The van der Waals surface area contributed by atoms with E-state index in [4.69, 9.17) is 18.8 Å². The van der Waals surface area contributed by atoms with Crippen LogP contribution in [0.15, 0.2) is 46.9 Å². The van der Waals surface area contributed by atoms with Crippen molar-refractivity contribution < 1.29 is 36.8 Å². The SMILES string of the molecule is COc1cc(OS(=O)(=O)c2ccc(C)cc2)c2c(c1C)C(CC=C(C)CCC(=O)O)OC2=O. The molecule has 1 aliphatic rings. The maximum absolute atomic E-state index is 12.9. The highest BCUT2D eigenvalue weighted by Crippen LogP contribution is 2.45. The number of carbonyl (C=O) groups excluding carboxylic acids is 1. The van der Waals surface area contributed by atoms with Gasteiger partial charge < -0.3 is 18.8 Å². The molecule has 0 radical (unpaired) electrons. The first kappa shape index (κ1) is 24.3. The summed E-state index contributed by atoms with van der Waals surface area (Å²) >= 11 is 0. The minimum absolute atomic E-state index is 0.00504. The third-order valence-corrected chi connectivity index (χ3v) is 6.72. The normalized spacial score (nSPS) is 15.7. The number of carbonyl (C=O) groups is 2. The zero-order valence-corrected chi connectivity index (χ0v) is 19.7. The van der Waals surface area contributed by atoms with Crippen molar-refractivity contribution in [1.82, 2.24) is 0 Å².